The molecule has 0 radical (unpaired) electrons. The van der Waals surface area contributed by atoms with Crippen molar-refractivity contribution in [1.82, 2.24) is 0 Å². The van der Waals surface area contributed by atoms with Gasteiger partial charge < -0.3 is 10.1 Å². The van der Waals surface area contributed by atoms with E-state index in [-0.39, 0.29) is 17.5 Å². The van der Waals surface area contributed by atoms with Crippen molar-refractivity contribution in [2.45, 2.75) is 32.6 Å². The minimum atomic E-state index is -0.240. The van der Waals surface area contributed by atoms with Gasteiger partial charge in [0.25, 0.3) is 0 Å². The van der Waals surface area contributed by atoms with Gasteiger partial charge in [0.1, 0.15) is 5.69 Å². The molecule has 1 saturated heterocycles. The van der Waals surface area contributed by atoms with Crippen LogP contribution in [0, 0.1) is 4.91 Å². The molecule has 1 N–H and O–H groups in total. The van der Waals surface area contributed by atoms with Crippen LogP contribution in [0.15, 0.2) is 23.4 Å². The summed E-state index contributed by atoms with van der Waals surface area (Å²) in [6, 6.07) is 4.79. The molecular weight excluding hydrogens is 298 g/mol. The molecule has 1 fully saturated rings. The Kier molecular flexibility index (Phi) is 6.22. The minimum Gasteiger partial charge on any atom is -0.383 e. The molecule has 0 aliphatic carbocycles. The average Bonchev–Trinajstić information content (AvgIpc) is 2.55. The molecule has 0 saturated carbocycles. The van der Waals surface area contributed by atoms with Gasteiger partial charge in [0.2, 0.25) is 11.8 Å². The molecule has 23 heavy (non-hydrogen) atoms. The van der Waals surface area contributed by atoms with E-state index < -0.39 is 0 Å². The summed E-state index contributed by atoms with van der Waals surface area (Å²) in [7, 11) is 0. The predicted octanol–water partition coefficient (Wildman–Crippen LogP) is 2.97. The first-order valence-corrected chi connectivity index (χ1v) is 7.82. The van der Waals surface area contributed by atoms with Crippen LogP contribution in [0.1, 0.15) is 32.6 Å². The van der Waals surface area contributed by atoms with Gasteiger partial charge >= 0.3 is 0 Å². The SMILES string of the molecule is CCOCCCNc1ccc(N2C(=O)CCCC2=O)cc1N=O. The second-order valence-electron chi connectivity index (χ2n) is 5.25. The molecule has 0 atom stereocenters. The molecule has 7 nitrogen and oxygen atoms in total. The fourth-order valence-corrected chi connectivity index (χ4v) is 2.47. The van der Waals surface area contributed by atoms with Crippen LogP contribution in [0.25, 0.3) is 0 Å². The van der Waals surface area contributed by atoms with E-state index in [0.29, 0.717) is 50.4 Å². The number of nitrogens with zero attached hydrogens (tertiary/aromatic N) is 2. The Bertz CT molecular complexity index is 573. The summed E-state index contributed by atoms with van der Waals surface area (Å²) < 4.78 is 5.24. The van der Waals surface area contributed by atoms with Crippen LogP contribution >= 0.6 is 0 Å². The van der Waals surface area contributed by atoms with E-state index in [4.69, 9.17) is 4.74 Å². The summed E-state index contributed by atoms with van der Waals surface area (Å²) in [5.41, 5.74) is 1.16. The summed E-state index contributed by atoms with van der Waals surface area (Å²) >= 11 is 0. The monoisotopic (exact) mass is 319 g/mol. The van der Waals surface area contributed by atoms with E-state index in [9.17, 15) is 14.5 Å². The van der Waals surface area contributed by atoms with Crippen LogP contribution in [0.4, 0.5) is 17.1 Å². The number of nitroso groups, excluding NO2 is 1. The zero-order chi connectivity index (χ0) is 16.7. The van der Waals surface area contributed by atoms with Crippen molar-refractivity contribution in [2.75, 3.05) is 30.0 Å². The Morgan fingerprint density at radius 3 is 2.65 bits per heavy atom. The lowest BCUT2D eigenvalue weighted by molar-refractivity contribution is -0.129. The van der Waals surface area contributed by atoms with Gasteiger partial charge in [0, 0.05) is 32.6 Å². The van der Waals surface area contributed by atoms with Crippen LogP contribution in [-0.2, 0) is 14.3 Å². The number of ether oxygens (including phenoxy) is 1. The number of anilines is 2. The number of carbonyl (C=O) groups excluding carboxylic acids is 2. The second kappa shape index (κ2) is 8.38. The number of benzene rings is 1. The fourth-order valence-electron chi connectivity index (χ4n) is 2.47. The molecule has 1 aliphatic heterocycles. The zero-order valence-electron chi connectivity index (χ0n) is 13.2. The minimum absolute atomic E-state index is 0.185. The molecule has 1 aliphatic rings. The Morgan fingerprint density at radius 2 is 2.00 bits per heavy atom. The number of nitrogens with one attached hydrogen (secondary N) is 1. The zero-order valence-corrected chi connectivity index (χ0v) is 13.2. The van der Waals surface area contributed by atoms with Crippen molar-refractivity contribution in [3.8, 4) is 0 Å². The molecule has 1 heterocycles. The van der Waals surface area contributed by atoms with Gasteiger partial charge in [-0.1, -0.05) is 0 Å². The van der Waals surface area contributed by atoms with E-state index in [1.165, 1.54) is 6.07 Å². The highest BCUT2D eigenvalue weighted by Crippen LogP contribution is 2.32. The second-order valence-corrected chi connectivity index (χ2v) is 5.25. The number of carbonyl (C=O) groups is 2. The van der Waals surface area contributed by atoms with Crippen molar-refractivity contribution >= 4 is 28.9 Å². The van der Waals surface area contributed by atoms with E-state index >= 15 is 0 Å². The highest BCUT2D eigenvalue weighted by Gasteiger charge is 2.27. The number of hydrogen-bond acceptors (Lipinski definition) is 6. The molecule has 7 heteroatoms. The van der Waals surface area contributed by atoms with Gasteiger partial charge in [0.05, 0.1) is 11.4 Å². The third-order valence-electron chi connectivity index (χ3n) is 3.60. The number of rotatable bonds is 8. The molecule has 0 aromatic heterocycles. The van der Waals surface area contributed by atoms with Crippen molar-refractivity contribution in [1.29, 1.82) is 0 Å². The van der Waals surface area contributed by atoms with Gasteiger partial charge in [-0.15, -0.1) is 4.91 Å². The highest BCUT2D eigenvalue weighted by molar-refractivity contribution is 6.16. The molecule has 1 aromatic rings. The maximum absolute atomic E-state index is 11.9. The lowest BCUT2D eigenvalue weighted by Gasteiger charge is -2.25. The lowest BCUT2D eigenvalue weighted by atomic mass is 10.1. The molecule has 0 spiro atoms. The standard InChI is InChI=1S/C16H21N3O4/c1-2-23-10-4-9-17-13-8-7-12(11-14(13)18-22)19-15(20)5-3-6-16(19)21/h7-8,11,17H,2-6,9-10H2,1H3. The van der Waals surface area contributed by atoms with Crippen LogP contribution in [0.2, 0.25) is 0 Å². The van der Waals surface area contributed by atoms with Gasteiger partial charge in [-0.05, 0) is 43.1 Å². The van der Waals surface area contributed by atoms with Gasteiger partial charge in [0.15, 0.2) is 0 Å². The first-order chi connectivity index (χ1) is 11.2. The van der Waals surface area contributed by atoms with Crippen molar-refractivity contribution in [3.63, 3.8) is 0 Å². The topological polar surface area (TPSA) is 88.1 Å². The summed E-state index contributed by atoms with van der Waals surface area (Å²) in [4.78, 5) is 36.1. The van der Waals surface area contributed by atoms with E-state index in [1.54, 1.807) is 12.1 Å². The molecule has 2 rings (SSSR count). The van der Waals surface area contributed by atoms with Crippen molar-refractivity contribution < 1.29 is 14.3 Å². The van der Waals surface area contributed by atoms with Crippen LogP contribution in [0.5, 0.6) is 0 Å². The first kappa shape index (κ1) is 17.1. The highest BCUT2D eigenvalue weighted by atomic mass is 16.5. The Balaban J connectivity index is 2.08. The Hall–Kier alpha value is -2.28. The van der Waals surface area contributed by atoms with Crippen LogP contribution in [-0.4, -0.2) is 31.6 Å². The molecule has 1 aromatic carbocycles. The van der Waals surface area contributed by atoms with Gasteiger partial charge in [-0.25, -0.2) is 0 Å². The maximum atomic E-state index is 11.9. The van der Waals surface area contributed by atoms with Crippen molar-refractivity contribution in [2.24, 2.45) is 5.18 Å². The first-order valence-electron chi connectivity index (χ1n) is 7.82. The Labute approximate surface area is 135 Å². The van der Waals surface area contributed by atoms with Crippen LogP contribution in [0.3, 0.4) is 0 Å². The largest absolute Gasteiger partial charge is 0.383 e. The quantitative estimate of drug-likeness (QED) is 0.452. The fraction of sp³-hybridized carbons (Fsp3) is 0.500. The number of imide groups is 1. The lowest BCUT2D eigenvalue weighted by Crippen LogP contribution is -2.40. The summed E-state index contributed by atoms with van der Waals surface area (Å²) in [6.07, 6.45) is 2.06. The third-order valence-corrected chi connectivity index (χ3v) is 3.60. The molecular formula is C16H21N3O4. The van der Waals surface area contributed by atoms with E-state index in [2.05, 4.69) is 10.5 Å². The predicted molar refractivity (Wildman–Crippen MR) is 87.8 cm³/mol. The summed E-state index contributed by atoms with van der Waals surface area (Å²) in [5.74, 6) is -0.481. The summed E-state index contributed by atoms with van der Waals surface area (Å²) in [5, 5.41) is 6.11. The van der Waals surface area contributed by atoms with E-state index in [1.807, 2.05) is 6.92 Å². The molecule has 2 amide bonds. The summed E-state index contributed by atoms with van der Waals surface area (Å²) in [6.45, 7) is 3.89. The maximum Gasteiger partial charge on any atom is 0.233 e. The normalized spacial score (nSPS) is 14.9. The van der Waals surface area contributed by atoms with Gasteiger partial charge in [-0.2, -0.15) is 0 Å². The number of amides is 2. The smallest absolute Gasteiger partial charge is 0.233 e. The molecule has 124 valence electrons. The third kappa shape index (κ3) is 4.35. The average molecular weight is 319 g/mol. The van der Waals surface area contributed by atoms with Gasteiger partial charge in [-0.3, -0.25) is 14.5 Å². The van der Waals surface area contributed by atoms with E-state index in [0.717, 1.165) is 11.3 Å². The van der Waals surface area contributed by atoms with Crippen molar-refractivity contribution in [3.05, 3.63) is 23.1 Å². The number of hydrogen-bond donors (Lipinski definition) is 1. The van der Waals surface area contributed by atoms with Crippen LogP contribution < -0.4 is 10.2 Å². The molecule has 0 bridgehead atoms. The molecule has 0 unspecified atom stereocenters. The number of piperidine rings is 1. The Morgan fingerprint density at radius 1 is 1.26 bits per heavy atom.